The fraction of sp³-hybridized carbons (Fsp3) is 0.375. The third kappa shape index (κ3) is 8.06. The highest BCUT2D eigenvalue weighted by Gasteiger charge is 2.23. The second kappa shape index (κ2) is 10.5. The molecular formula is C16H22BN3O5S. The lowest BCUT2D eigenvalue weighted by Crippen LogP contribution is -2.49. The van der Waals surface area contributed by atoms with Crippen molar-refractivity contribution in [3.05, 3.63) is 29.8 Å². The second-order valence-corrected chi connectivity index (χ2v) is 6.32. The van der Waals surface area contributed by atoms with Crippen molar-refractivity contribution < 1.29 is 23.9 Å². The smallest absolute Gasteiger partial charge is 0.276 e. The van der Waals surface area contributed by atoms with Crippen LogP contribution in [-0.4, -0.2) is 43.4 Å². The molecule has 1 rings (SSSR count). The van der Waals surface area contributed by atoms with Crippen molar-refractivity contribution in [2.75, 3.05) is 11.9 Å². The normalized spacial score (nSPS) is 11.4. The van der Waals surface area contributed by atoms with Gasteiger partial charge in [0, 0.05) is 5.69 Å². The molecule has 26 heavy (non-hydrogen) atoms. The van der Waals surface area contributed by atoms with Gasteiger partial charge in [0.1, 0.15) is 12.6 Å². The summed E-state index contributed by atoms with van der Waals surface area (Å²) in [4.78, 5) is 45.8. The monoisotopic (exact) mass is 379 g/mol. The molecule has 1 aromatic rings. The summed E-state index contributed by atoms with van der Waals surface area (Å²) in [6.45, 7) is 3.46. The Kier molecular flexibility index (Phi) is 8.70. The zero-order chi connectivity index (χ0) is 19.7. The Morgan fingerprint density at radius 3 is 2.27 bits per heavy atom. The van der Waals surface area contributed by atoms with Crippen LogP contribution in [0.5, 0.6) is 0 Å². The molecule has 0 aliphatic carbocycles. The van der Waals surface area contributed by atoms with Crippen molar-refractivity contribution >= 4 is 49.1 Å². The maximum absolute atomic E-state index is 12.1. The first-order valence-electron chi connectivity index (χ1n) is 7.98. The number of thiol groups is 1. The summed E-state index contributed by atoms with van der Waals surface area (Å²) in [7, 11) is 1.33. The minimum absolute atomic E-state index is 0.154. The van der Waals surface area contributed by atoms with Crippen LogP contribution in [0.25, 0.3) is 0 Å². The summed E-state index contributed by atoms with van der Waals surface area (Å²) in [5, 5.41) is 6.92. The minimum atomic E-state index is -0.770. The molecule has 0 spiro atoms. The largest absolute Gasteiger partial charge is 0.469 e. The number of benzene rings is 1. The van der Waals surface area contributed by atoms with Crippen LogP contribution >= 0.6 is 12.6 Å². The predicted octanol–water partition coefficient (Wildman–Crippen LogP) is 0.675. The number of nitrogens with one attached hydrogen (secondary N) is 3. The Labute approximate surface area is 158 Å². The molecule has 0 radical (unpaired) electrons. The molecule has 0 heterocycles. The van der Waals surface area contributed by atoms with E-state index in [1.807, 2.05) is 0 Å². The highest BCUT2D eigenvalue weighted by Crippen LogP contribution is 2.10. The van der Waals surface area contributed by atoms with Crippen LogP contribution in [0.4, 0.5) is 15.3 Å². The van der Waals surface area contributed by atoms with E-state index in [2.05, 4.69) is 28.6 Å². The Morgan fingerprint density at radius 2 is 1.77 bits per heavy atom. The van der Waals surface area contributed by atoms with Crippen molar-refractivity contribution in [3.63, 3.8) is 0 Å². The fourth-order valence-corrected chi connectivity index (χ4v) is 2.16. The molecule has 0 fully saturated rings. The number of carbonyl (C=O) groups is 4. The van der Waals surface area contributed by atoms with E-state index < -0.39 is 23.1 Å². The molecule has 1 aromatic carbocycles. The first-order chi connectivity index (χ1) is 12.2. The van der Waals surface area contributed by atoms with Crippen LogP contribution < -0.4 is 16.0 Å². The molecule has 0 saturated heterocycles. The number of ether oxygens (including phenoxy) is 1. The molecule has 3 N–H and O–H groups in total. The van der Waals surface area contributed by atoms with Gasteiger partial charge in [-0.05, 0) is 23.6 Å². The van der Waals surface area contributed by atoms with E-state index in [1.54, 1.807) is 38.1 Å². The number of anilines is 1. The predicted molar refractivity (Wildman–Crippen MR) is 103 cm³/mol. The third-order valence-corrected chi connectivity index (χ3v) is 3.46. The summed E-state index contributed by atoms with van der Waals surface area (Å²) < 4.78 is 4.87. The number of rotatable bonds is 8. The lowest BCUT2D eigenvalue weighted by atomic mass is 10.0. The molecule has 0 saturated carbocycles. The van der Waals surface area contributed by atoms with Gasteiger partial charge in [-0.25, -0.2) is 0 Å². The van der Waals surface area contributed by atoms with E-state index in [0.29, 0.717) is 5.69 Å². The van der Waals surface area contributed by atoms with Crippen molar-refractivity contribution in [1.82, 2.24) is 10.6 Å². The first-order valence-corrected chi connectivity index (χ1v) is 8.43. The Morgan fingerprint density at radius 1 is 1.15 bits per heavy atom. The second-order valence-electron chi connectivity index (χ2n) is 5.91. The van der Waals surface area contributed by atoms with E-state index in [1.165, 1.54) is 7.85 Å². The van der Waals surface area contributed by atoms with E-state index >= 15 is 0 Å². The molecule has 0 aliphatic rings. The average molecular weight is 379 g/mol. The number of hydrogen-bond donors (Lipinski definition) is 4. The van der Waals surface area contributed by atoms with Crippen LogP contribution in [0.1, 0.15) is 19.4 Å². The van der Waals surface area contributed by atoms with Gasteiger partial charge < -0.3 is 20.7 Å². The quantitative estimate of drug-likeness (QED) is 0.392. The molecule has 10 heteroatoms. The van der Waals surface area contributed by atoms with Crippen LogP contribution in [0.15, 0.2) is 24.3 Å². The standard InChI is InChI=1S/C16H22BN3O5S/c1-9(2)13(20-16(24)26)14(22)18-7-12(21)19-11-5-3-10(4-6-11)8-25-15(17)23/h3-6,9,13H,7-8,17H2,1-2H3,(H,18,22)(H,19,21)(H2,20,24,26). The van der Waals surface area contributed by atoms with Crippen LogP contribution in [-0.2, 0) is 20.9 Å². The van der Waals surface area contributed by atoms with Gasteiger partial charge in [0.25, 0.3) is 5.24 Å². The summed E-state index contributed by atoms with van der Waals surface area (Å²) in [6.07, 6.45) is 0. The molecule has 3 amide bonds. The summed E-state index contributed by atoms with van der Waals surface area (Å²) >= 11 is 3.60. The van der Waals surface area contributed by atoms with Gasteiger partial charge in [-0.1, -0.05) is 38.6 Å². The van der Waals surface area contributed by atoms with Gasteiger partial charge in [0.15, 0.2) is 0 Å². The SMILES string of the molecule is BC(=O)OCc1ccc(NC(=O)CNC(=O)C(NC(=O)S)C(C)C)cc1. The summed E-state index contributed by atoms with van der Waals surface area (Å²) in [5.41, 5.74) is 1.33. The summed E-state index contributed by atoms with van der Waals surface area (Å²) in [5.74, 6) is -1.40. The molecule has 8 nitrogen and oxygen atoms in total. The average Bonchev–Trinajstić information content (AvgIpc) is 2.56. The highest BCUT2D eigenvalue weighted by atomic mass is 32.1. The molecule has 0 aliphatic heterocycles. The topological polar surface area (TPSA) is 114 Å². The summed E-state index contributed by atoms with van der Waals surface area (Å²) in [6, 6.07) is 5.99. The maximum atomic E-state index is 12.1. The zero-order valence-electron chi connectivity index (χ0n) is 14.9. The first kappa shape index (κ1) is 21.6. The van der Waals surface area contributed by atoms with Crippen molar-refractivity contribution in [2.24, 2.45) is 5.92 Å². The molecule has 0 aromatic heterocycles. The van der Waals surface area contributed by atoms with Gasteiger partial charge in [-0.3, -0.25) is 19.2 Å². The highest BCUT2D eigenvalue weighted by molar-refractivity contribution is 7.96. The molecular weight excluding hydrogens is 357 g/mol. The third-order valence-electron chi connectivity index (χ3n) is 3.33. The van der Waals surface area contributed by atoms with Gasteiger partial charge in [0.05, 0.1) is 6.54 Å². The minimum Gasteiger partial charge on any atom is -0.469 e. The molecule has 1 atom stereocenters. The van der Waals surface area contributed by atoms with E-state index in [4.69, 9.17) is 4.74 Å². The number of amides is 3. The zero-order valence-corrected chi connectivity index (χ0v) is 15.8. The Hall–Kier alpha value is -2.49. The van der Waals surface area contributed by atoms with Crippen molar-refractivity contribution in [1.29, 1.82) is 0 Å². The Balaban J connectivity index is 2.49. The van der Waals surface area contributed by atoms with E-state index in [0.717, 1.165) is 5.56 Å². The van der Waals surface area contributed by atoms with E-state index in [-0.39, 0.29) is 24.9 Å². The maximum Gasteiger partial charge on any atom is 0.276 e. The van der Waals surface area contributed by atoms with Crippen LogP contribution in [0, 0.1) is 5.92 Å². The number of hydrogen-bond acceptors (Lipinski definition) is 5. The Bertz CT molecular complexity index is 666. The van der Waals surface area contributed by atoms with Gasteiger partial charge in [-0.2, -0.15) is 0 Å². The van der Waals surface area contributed by atoms with Crippen LogP contribution in [0.2, 0.25) is 0 Å². The molecule has 140 valence electrons. The van der Waals surface area contributed by atoms with Crippen molar-refractivity contribution in [2.45, 2.75) is 26.5 Å². The fourth-order valence-electron chi connectivity index (χ4n) is 2.02. The van der Waals surface area contributed by atoms with Crippen molar-refractivity contribution in [3.8, 4) is 0 Å². The van der Waals surface area contributed by atoms with Gasteiger partial charge >= 0.3 is 0 Å². The van der Waals surface area contributed by atoms with E-state index in [9.17, 15) is 19.2 Å². The number of carbonyl (C=O) groups excluding carboxylic acids is 4. The van der Waals surface area contributed by atoms with Gasteiger partial charge in [-0.15, -0.1) is 0 Å². The molecule has 1 unspecified atom stereocenters. The lowest BCUT2D eigenvalue weighted by molar-refractivity contribution is -0.126. The lowest BCUT2D eigenvalue weighted by Gasteiger charge is -2.20. The van der Waals surface area contributed by atoms with Crippen LogP contribution in [0.3, 0.4) is 0 Å². The molecule has 0 bridgehead atoms. The van der Waals surface area contributed by atoms with Gasteiger partial charge in [0.2, 0.25) is 25.5 Å².